The number of benzene rings is 2. The largest absolute Gasteiger partial charge is 0.486 e. The lowest BCUT2D eigenvalue weighted by atomic mass is 9.97. The Balaban J connectivity index is 1.49. The lowest BCUT2D eigenvalue weighted by molar-refractivity contribution is -0.128. The first-order valence-corrected chi connectivity index (χ1v) is 15.7. The van der Waals surface area contributed by atoms with E-state index in [2.05, 4.69) is 5.32 Å². The van der Waals surface area contributed by atoms with Gasteiger partial charge in [0.15, 0.2) is 9.84 Å². The van der Waals surface area contributed by atoms with Crippen LogP contribution in [0.5, 0.6) is 5.75 Å². The third-order valence-corrected chi connectivity index (χ3v) is 8.59. The highest BCUT2D eigenvalue weighted by Gasteiger charge is 2.52. The van der Waals surface area contributed by atoms with Crippen molar-refractivity contribution in [2.24, 2.45) is 5.92 Å². The summed E-state index contributed by atoms with van der Waals surface area (Å²) in [6.45, 7) is 4.21. The normalized spacial score (nSPS) is 20.5. The summed E-state index contributed by atoms with van der Waals surface area (Å²) in [5, 5.41) is 12.4. The van der Waals surface area contributed by atoms with Crippen molar-refractivity contribution in [2.45, 2.75) is 81.5 Å². The average Bonchev–Trinajstić information content (AvgIpc) is 3.53. The second kappa shape index (κ2) is 12.4. The van der Waals surface area contributed by atoms with Crippen LogP contribution < -0.4 is 10.1 Å². The summed E-state index contributed by atoms with van der Waals surface area (Å²) >= 11 is 0. The number of piperidine rings is 1. The SMILES string of the molecule is CC(C)(C)OC(=O)N1[C@@H]2CC[C@@H](C2)[C@H]1C(=O)N[C@H](C#N)Cc1ccc(-c2ccc(S(C)(=O)=O)c(OCC(F)F)c2)cc1F. The lowest BCUT2D eigenvalue weighted by Gasteiger charge is -2.35. The van der Waals surface area contributed by atoms with E-state index in [0.717, 1.165) is 25.2 Å². The van der Waals surface area contributed by atoms with E-state index < -0.39 is 58.4 Å². The minimum Gasteiger partial charge on any atom is -0.486 e. The number of alkyl halides is 2. The van der Waals surface area contributed by atoms with E-state index in [4.69, 9.17) is 9.47 Å². The number of likely N-dealkylation sites (tertiary alicyclic amines) is 1. The van der Waals surface area contributed by atoms with Crippen LogP contribution in [0.4, 0.5) is 18.0 Å². The quantitative estimate of drug-likeness (QED) is 0.423. The predicted octanol–water partition coefficient (Wildman–Crippen LogP) is 4.88. The van der Waals surface area contributed by atoms with E-state index in [-0.39, 0.29) is 34.6 Å². The summed E-state index contributed by atoms with van der Waals surface area (Å²) in [4.78, 5) is 27.4. The Morgan fingerprint density at radius 1 is 1.14 bits per heavy atom. The molecule has 1 N–H and O–H groups in total. The monoisotopic (exact) mass is 621 g/mol. The van der Waals surface area contributed by atoms with E-state index in [1.54, 1.807) is 20.8 Å². The zero-order valence-electron chi connectivity index (χ0n) is 24.3. The predicted molar refractivity (Wildman–Crippen MR) is 151 cm³/mol. The summed E-state index contributed by atoms with van der Waals surface area (Å²) in [5.41, 5.74) is 0.0330. The van der Waals surface area contributed by atoms with Gasteiger partial charge in [0, 0.05) is 18.7 Å². The standard InChI is InChI=1S/C30H34F3N3O6S/c1-30(2,3)42-29(38)36-22-9-7-20(12-22)27(36)28(37)35-21(15-34)11-19-6-5-17(13-23(19)31)18-8-10-25(43(4,39)40)24(14-18)41-16-26(32)33/h5-6,8,10,13-14,20-22,26-27H,7,9,11-12,16H2,1-4H3,(H,35,37)/t20-,21-,22+,27-/m0/s1. The van der Waals surface area contributed by atoms with Crippen LogP contribution >= 0.6 is 0 Å². The number of amides is 2. The number of nitrogens with one attached hydrogen (secondary N) is 1. The third-order valence-electron chi connectivity index (χ3n) is 7.45. The van der Waals surface area contributed by atoms with Crippen LogP contribution in [0.15, 0.2) is 41.3 Å². The number of hydrogen-bond donors (Lipinski definition) is 1. The van der Waals surface area contributed by atoms with Crippen molar-refractivity contribution in [1.82, 2.24) is 10.2 Å². The number of ether oxygens (including phenoxy) is 2. The van der Waals surface area contributed by atoms with Gasteiger partial charge in [-0.3, -0.25) is 9.69 Å². The molecule has 0 aromatic heterocycles. The number of rotatable bonds is 9. The van der Waals surface area contributed by atoms with Crippen LogP contribution in [0.25, 0.3) is 11.1 Å². The molecule has 2 bridgehead atoms. The van der Waals surface area contributed by atoms with Gasteiger partial charge in [-0.05, 0) is 80.8 Å². The molecular formula is C30H34F3N3O6S. The second-order valence-corrected chi connectivity index (χ2v) is 13.9. The van der Waals surface area contributed by atoms with Gasteiger partial charge in [-0.25, -0.2) is 26.4 Å². The highest BCUT2D eigenvalue weighted by atomic mass is 32.2. The van der Waals surface area contributed by atoms with Crippen LogP contribution in [0.2, 0.25) is 0 Å². The number of nitriles is 1. The summed E-state index contributed by atoms with van der Waals surface area (Å²) in [6.07, 6.45) is -0.434. The van der Waals surface area contributed by atoms with E-state index in [9.17, 15) is 32.0 Å². The van der Waals surface area contributed by atoms with Crippen molar-refractivity contribution in [3.8, 4) is 22.9 Å². The summed E-state index contributed by atoms with van der Waals surface area (Å²) in [6, 6.07) is 7.98. The molecule has 13 heteroatoms. The Labute approximate surface area is 248 Å². The Morgan fingerprint density at radius 2 is 1.81 bits per heavy atom. The van der Waals surface area contributed by atoms with Crippen molar-refractivity contribution >= 4 is 21.8 Å². The van der Waals surface area contributed by atoms with E-state index in [0.29, 0.717) is 17.5 Å². The summed E-state index contributed by atoms with van der Waals surface area (Å²) < 4.78 is 75.4. The number of carbonyl (C=O) groups is 2. The molecule has 2 aromatic carbocycles. The molecule has 2 fully saturated rings. The minimum absolute atomic E-state index is 0.0588. The maximum atomic E-state index is 15.2. The molecule has 4 atom stereocenters. The Kier molecular flexibility index (Phi) is 9.30. The molecule has 0 unspecified atom stereocenters. The third kappa shape index (κ3) is 7.60. The average molecular weight is 622 g/mol. The lowest BCUT2D eigenvalue weighted by Crippen LogP contribution is -2.55. The van der Waals surface area contributed by atoms with Gasteiger partial charge in [-0.15, -0.1) is 0 Å². The van der Waals surface area contributed by atoms with Gasteiger partial charge in [0.1, 0.15) is 40.8 Å². The molecule has 2 aliphatic rings. The number of nitrogens with zero attached hydrogens (tertiary/aromatic N) is 2. The zero-order valence-corrected chi connectivity index (χ0v) is 25.1. The van der Waals surface area contributed by atoms with Gasteiger partial charge in [0.05, 0.1) is 6.07 Å². The molecule has 1 aliphatic heterocycles. The molecule has 1 saturated heterocycles. The fourth-order valence-corrected chi connectivity index (χ4v) is 6.46. The van der Waals surface area contributed by atoms with Gasteiger partial charge < -0.3 is 14.8 Å². The summed E-state index contributed by atoms with van der Waals surface area (Å²) in [5.74, 6) is -1.52. The van der Waals surface area contributed by atoms with E-state index in [1.807, 2.05) is 6.07 Å². The molecule has 9 nitrogen and oxygen atoms in total. The molecular weight excluding hydrogens is 587 g/mol. The number of sulfone groups is 1. The minimum atomic E-state index is -3.79. The first-order chi connectivity index (χ1) is 20.1. The smallest absolute Gasteiger partial charge is 0.411 e. The maximum absolute atomic E-state index is 15.2. The fourth-order valence-electron chi connectivity index (χ4n) is 5.66. The number of carbonyl (C=O) groups excluding carboxylic acids is 2. The van der Waals surface area contributed by atoms with Gasteiger partial charge in [0.2, 0.25) is 5.91 Å². The highest BCUT2D eigenvalue weighted by molar-refractivity contribution is 7.90. The van der Waals surface area contributed by atoms with Gasteiger partial charge in [-0.2, -0.15) is 5.26 Å². The van der Waals surface area contributed by atoms with Crippen LogP contribution in [-0.4, -0.2) is 68.3 Å². The number of fused-ring (bicyclic) bond motifs is 2. The van der Waals surface area contributed by atoms with Crippen molar-refractivity contribution in [3.63, 3.8) is 0 Å². The van der Waals surface area contributed by atoms with Crippen molar-refractivity contribution in [1.29, 1.82) is 5.26 Å². The molecule has 232 valence electrons. The van der Waals surface area contributed by atoms with Gasteiger partial charge in [0.25, 0.3) is 6.43 Å². The molecule has 2 amide bonds. The number of halogens is 3. The first-order valence-electron chi connectivity index (χ1n) is 13.8. The van der Waals surface area contributed by atoms with E-state index >= 15 is 4.39 Å². The van der Waals surface area contributed by atoms with Crippen molar-refractivity contribution in [3.05, 3.63) is 47.8 Å². The molecule has 1 aliphatic carbocycles. The maximum Gasteiger partial charge on any atom is 0.411 e. The highest BCUT2D eigenvalue weighted by Crippen LogP contribution is 2.43. The van der Waals surface area contributed by atoms with Crippen molar-refractivity contribution in [2.75, 3.05) is 12.9 Å². The summed E-state index contributed by atoms with van der Waals surface area (Å²) in [7, 11) is -3.79. The Morgan fingerprint density at radius 3 is 2.42 bits per heavy atom. The van der Waals surface area contributed by atoms with E-state index in [1.165, 1.54) is 35.2 Å². The first kappa shape index (κ1) is 32.1. The second-order valence-electron chi connectivity index (χ2n) is 11.9. The number of hydrogen-bond acceptors (Lipinski definition) is 7. The van der Waals surface area contributed by atoms with Crippen LogP contribution in [0, 0.1) is 23.1 Å². The molecule has 1 heterocycles. The molecule has 2 aromatic rings. The molecule has 4 rings (SSSR count). The van der Waals surface area contributed by atoms with Crippen LogP contribution in [0.3, 0.4) is 0 Å². The van der Waals surface area contributed by atoms with Gasteiger partial charge >= 0.3 is 6.09 Å². The van der Waals surface area contributed by atoms with Crippen LogP contribution in [-0.2, 0) is 25.8 Å². The van der Waals surface area contributed by atoms with Gasteiger partial charge in [-0.1, -0.05) is 18.2 Å². The molecule has 1 saturated carbocycles. The topological polar surface area (TPSA) is 126 Å². The molecule has 0 radical (unpaired) electrons. The fraction of sp³-hybridized carbons (Fsp3) is 0.500. The Hall–Kier alpha value is -3.79. The molecule has 0 spiro atoms. The molecule has 43 heavy (non-hydrogen) atoms. The van der Waals surface area contributed by atoms with Crippen molar-refractivity contribution < 1.29 is 40.7 Å². The zero-order chi connectivity index (χ0) is 31.7. The van der Waals surface area contributed by atoms with Crippen LogP contribution in [0.1, 0.15) is 45.6 Å². The Bertz CT molecular complexity index is 1540.